The summed E-state index contributed by atoms with van der Waals surface area (Å²) in [5.74, 6) is -0.389. The van der Waals surface area contributed by atoms with Crippen molar-refractivity contribution in [3.05, 3.63) is 71.5 Å². The Hall–Kier alpha value is -3.08. The second-order valence-electron chi connectivity index (χ2n) is 6.06. The number of aromatic nitrogens is 2. The topological polar surface area (TPSA) is 75.0 Å². The Morgan fingerprint density at radius 3 is 2.71 bits per heavy atom. The molecule has 0 aliphatic carbocycles. The van der Waals surface area contributed by atoms with Gasteiger partial charge in [0.25, 0.3) is 0 Å². The van der Waals surface area contributed by atoms with E-state index in [0.29, 0.717) is 5.56 Å². The number of fused-ring (bicyclic) bond motifs is 1. The van der Waals surface area contributed by atoms with Crippen LogP contribution < -0.4 is 10.6 Å². The molecular weight excluding hydrogens is 300 g/mol. The number of benzene rings is 2. The van der Waals surface area contributed by atoms with E-state index in [1.165, 1.54) is 22.4 Å². The zero-order chi connectivity index (χ0) is 16.5. The van der Waals surface area contributed by atoms with E-state index in [1.807, 2.05) is 24.5 Å². The molecule has 4 rings (SSSR count). The fourth-order valence-electron chi connectivity index (χ4n) is 3.22. The number of nitrogens with zero attached hydrogens (tertiary/aromatic N) is 2. The van der Waals surface area contributed by atoms with Gasteiger partial charge in [0, 0.05) is 36.1 Å². The molecule has 1 aromatic heterocycles. The summed E-state index contributed by atoms with van der Waals surface area (Å²) in [6, 6.07) is 14.1. The summed E-state index contributed by atoms with van der Waals surface area (Å²) in [6.07, 6.45) is 4.80. The van der Waals surface area contributed by atoms with Crippen LogP contribution in [-0.4, -0.2) is 22.6 Å². The molecule has 5 nitrogen and oxygen atoms in total. The Bertz CT molecular complexity index is 869. The second kappa shape index (κ2) is 5.85. The Morgan fingerprint density at radius 1 is 1.17 bits per heavy atom. The first-order valence-corrected chi connectivity index (χ1v) is 7.96. The Balaban J connectivity index is 1.54. The van der Waals surface area contributed by atoms with Crippen LogP contribution in [0.4, 0.5) is 5.69 Å². The molecule has 0 fully saturated rings. The number of H-pyrrole nitrogens is 1. The van der Waals surface area contributed by atoms with E-state index >= 15 is 0 Å². The summed E-state index contributed by atoms with van der Waals surface area (Å²) >= 11 is 0. The number of primary amides is 1. The molecule has 2 aromatic carbocycles. The van der Waals surface area contributed by atoms with Gasteiger partial charge in [0.2, 0.25) is 5.91 Å². The largest absolute Gasteiger partial charge is 0.367 e. The summed E-state index contributed by atoms with van der Waals surface area (Å²) in [5, 5.41) is 6.87. The van der Waals surface area contributed by atoms with Crippen LogP contribution in [-0.2, 0) is 13.0 Å². The lowest BCUT2D eigenvalue weighted by Gasteiger charge is -2.20. The number of carbonyl (C=O) groups is 1. The van der Waals surface area contributed by atoms with E-state index in [9.17, 15) is 4.79 Å². The first kappa shape index (κ1) is 14.5. The maximum absolute atomic E-state index is 11.2. The molecule has 120 valence electrons. The molecule has 0 saturated carbocycles. The number of nitrogens with two attached hydrogens (primary N) is 1. The van der Waals surface area contributed by atoms with E-state index < -0.39 is 0 Å². The van der Waals surface area contributed by atoms with Gasteiger partial charge in [-0.15, -0.1) is 0 Å². The number of hydrogen-bond donors (Lipinski definition) is 2. The number of aromatic amines is 1. The van der Waals surface area contributed by atoms with Crippen LogP contribution in [0.3, 0.4) is 0 Å². The molecule has 5 heteroatoms. The van der Waals surface area contributed by atoms with Crippen LogP contribution in [0.1, 0.15) is 21.5 Å². The van der Waals surface area contributed by atoms with Crippen molar-refractivity contribution in [3.8, 4) is 11.1 Å². The molecule has 0 unspecified atom stereocenters. The highest BCUT2D eigenvalue weighted by Gasteiger charge is 2.19. The van der Waals surface area contributed by atoms with E-state index in [4.69, 9.17) is 5.73 Å². The van der Waals surface area contributed by atoms with Crippen LogP contribution in [0, 0.1) is 0 Å². The van der Waals surface area contributed by atoms with E-state index in [2.05, 4.69) is 33.3 Å². The first-order valence-electron chi connectivity index (χ1n) is 7.96. The van der Waals surface area contributed by atoms with Gasteiger partial charge in [-0.25, -0.2) is 0 Å². The van der Waals surface area contributed by atoms with E-state index in [-0.39, 0.29) is 5.91 Å². The minimum atomic E-state index is -0.389. The lowest BCUT2D eigenvalue weighted by molar-refractivity contribution is 0.100. The van der Waals surface area contributed by atoms with Crippen LogP contribution in [0.25, 0.3) is 11.1 Å². The maximum atomic E-state index is 11.2. The third-order valence-corrected chi connectivity index (χ3v) is 4.51. The molecule has 2 heterocycles. The predicted octanol–water partition coefficient (Wildman–Crippen LogP) is 2.74. The fourth-order valence-corrected chi connectivity index (χ4v) is 3.22. The molecule has 1 amide bonds. The first-order chi connectivity index (χ1) is 11.7. The van der Waals surface area contributed by atoms with Gasteiger partial charge >= 0.3 is 0 Å². The van der Waals surface area contributed by atoms with Gasteiger partial charge < -0.3 is 10.6 Å². The molecule has 0 bridgehead atoms. The van der Waals surface area contributed by atoms with E-state index in [1.54, 1.807) is 12.1 Å². The van der Waals surface area contributed by atoms with Gasteiger partial charge in [0.15, 0.2) is 0 Å². The summed E-state index contributed by atoms with van der Waals surface area (Å²) in [7, 11) is 0. The molecule has 1 aliphatic rings. The zero-order valence-electron chi connectivity index (χ0n) is 13.2. The average Bonchev–Trinajstić information content (AvgIpc) is 3.25. The van der Waals surface area contributed by atoms with E-state index in [0.717, 1.165) is 25.1 Å². The number of rotatable bonds is 4. The van der Waals surface area contributed by atoms with Crippen LogP contribution in [0.5, 0.6) is 0 Å². The normalized spacial score (nSPS) is 13.1. The van der Waals surface area contributed by atoms with Gasteiger partial charge in [-0.05, 0) is 47.4 Å². The Labute approximate surface area is 140 Å². The molecule has 0 spiro atoms. The molecule has 1 aliphatic heterocycles. The van der Waals surface area contributed by atoms with Crippen molar-refractivity contribution in [2.75, 3.05) is 11.4 Å². The summed E-state index contributed by atoms with van der Waals surface area (Å²) < 4.78 is 0. The monoisotopic (exact) mass is 318 g/mol. The quantitative estimate of drug-likeness (QED) is 0.776. The zero-order valence-corrected chi connectivity index (χ0v) is 13.2. The Morgan fingerprint density at radius 2 is 2.00 bits per heavy atom. The third-order valence-electron chi connectivity index (χ3n) is 4.51. The van der Waals surface area contributed by atoms with Crippen LogP contribution >= 0.6 is 0 Å². The number of nitrogens with one attached hydrogen (secondary N) is 1. The minimum absolute atomic E-state index is 0.389. The highest BCUT2D eigenvalue weighted by Crippen LogP contribution is 2.33. The number of anilines is 1. The highest BCUT2D eigenvalue weighted by molar-refractivity contribution is 5.92. The lowest BCUT2D eigenvalue weighted by atomic mass is 10.0. The predicted molar refractivity (Wildman–Crippen MR) is 93.7 cm³/mol. The summed E-state index contributed by atoms with van der Waals surface area (Å²) in [5.41, 5.74) is 12.0. The smallest absolute Gasteiger partial charge is 0.248 e. The molecule has 0 radical (unpaired) electrons. The van der Waals surface area contributed by atoms with Crippen LogP contribution in [0.2, 0.25) is 0 Å². The van der Waals surface area contributed by atoms with Gasteiger partial charge in [0.1, 0.15) is 0 Å². The van der Waals surface area contributed by atoms with Gasteiger partial charge in [-0.3, -0.25) is 9.89 Å². The molecule has 0 saturated heterocycles. The van der Waals surface area contributed by atoms with Gasteiger partial charge in [0.05, 0.1) is 6.20 Å². The average molecular weight is 318 g/mol. The van der Waals surface area contributed by atoms with Crippen LogP contribution in [0.15, 0.2) is 54.9 Å². The van der Waals surface area contributed by atoms with Crippen molar-refractivity contribution < 1.29 is 4.79 Å². The number of carbonyl (C=O) groups excluding carboxylic acids is 1. The van der Waals surface area contributed by atoms with Crippen molar-refractivity contribution in [1.82, 2.24) is 10.2 Å². The number of hydrogen-bond acceptors (Lipinski definition) is 3. The van der Waals surface area contributed by atoms with Crippen molar-refractivity contribution in [2.24, 2.45) is 5.73 Å². The lowest BCUT2D eigenvalue weighted by Crippen LogP contribution is -2.19. The fraction of sp³-hybridized carbons (Fsp3) is 0.158. The van der Waals surface area contributed by atoms with Crippen molar-refractivity contribution >= 4 is 11.6 Å². The number of amides is 1. The SMILES string of the molecule is NC(=O)c1ccc(CN2CCc3cc(-c4cn[nH]c4)ccc32)cc1. The highest BCUT2D eigenvalue weighted by atomic mass is 16.1. The van der Waals surface area contributed by atoms with Crippen molar-refractivity contribution in [3.63, 3.8) is 0 Å². The van der Waals surface area contributed by atoms with Crippen molar-refractivity contribution in [1.29, 1.82) is 0 Å². The molecular formula is C19H18N4O. The van der Waals surface area contributed by atoms with Gasteiger partial charge in [-0.2, -0.15) is 5.10 Å². The molecule has 3 N–H and O–H groups in total. The maximum Gasteiger partial charge on any atom is 0.248 e. The third kappa shape index (κ3) is 2.65. The minimum Gasteiger partial charge on any atom is -0.367 e. The second-order valence-corrected chi connectivity index (χ2v) is 6.06. The molecule has 0 atom stereocenters. The van der Waals surface area contributed by atoms with Crippen molar-refractivity contribution in [2.45, 2.75) is 13.0 Å². The summed E-state index contributed by atoms with van der Waals surface area (Å²) in [6.45, 7) is 1.83. The molecule has 24 heavy (non-hydrogen) atoms. The molecule has 3 aromatic rings. The summed E-state index contributed by atoms with van der Waals surface area (Å²) in [4.78, 5) is 13.5. The Kier molecular flexibility index (Phi) is 3.54. The standard InChI is InChI=1S/C19H18N4O/c20-19(24)14-3-1-13(2-4-14)12-23-8-7-16-9-15(5-6-18(16)23)17-10-21-22-11-17/h1-6,9-11H,7-8,12H2,(H2,20,24)(H,21,22). The van der Waals surface area contributed by atoms with Gasteiger partial charge in [-0.1, -0.05) is 18.2 Å².